The predicted molar refractivity (Wildman–Crippen MR) is 71.9 cm³/mol. The summed E-state index contributed by atoms with van der Waals surface area (Å²) in [6.07, 6.45) is -0.233. The fraction of sp³-hybridized carbons (Fsp3) is 0.500. The zero-order valence-corrected chi connectivity index (χ0v) is 12.0. The van der Waals surface area contributed by atoms with E-state index in [9.17, 15) is 18.5 Å². The summed E-state index contributed by atoms with van der Waals surface area (Å²) >= 11 is 0. The summed E-state index contributed by atoms with van der Waals surface area (Å²) in [6, 6.07) is 5.04. The first-order valence-electron chi connectivity index (χ1n) is 6.21. The average Bonchev–Trinajstić information content (AvgIpc) is 2.41. The minimum Gasteiger partial charge on any atom is -0.375 e. The lowest BCUT2D eigenvalue weighted by Crippen LogP contribution is -2.50. The third-order valence-corrected chi connectivity index (χ3v) is 5.23. The van der Waals surface area contributed by atoms with Crippen LogP contribution in [0.2, 0.25) is 0 Å². The minimum atomic E-state index is -3.91. The number of ether oxygens (including phenoxy) is 1. The van der Waals surface area contributed by atoms with Crippen LogP contribution in [0.15, 0.2) is 29.2 Å². The van der Waals surface area contributed by atoms with Crippen molar-refractivity contribution in [2.75, 3.05) is 13.2 Å². The van der Waals surface area contributed by atoms with E-state index < -0.39 is 20.6 Å². The normalized spacial score (nSPS) is 24.5. The van der Waals surface area contributed by atoms with Gasteiger partial charge in [-0.25, -0.2) is 8.42 Å². The van der Waals surface area contributed by atoms with Crippen molar-refractivity contribution in [3.05, 3.63) is 34.4 Å². The molecule has 1 aliphatic rings. The lowest BCUT2D eigenvalue weighted by atomic mass is 10.2. The molecule has 0 aliphatic carbocycles. The molecule has 1 fully saturated rings. The topological polar surface area (TPSA) is 89.8 Å². The van der Waals surface area contributed by atoms with Crippen molar-refractivity contribution in [3.63, 3.8) is 0 Å². The van der Waals surface area contributed by atoms with Crippen LogP contribution in [0, 0.1) is 10.1 Å². The number of benzene rings is 1. The highest BCUT2D eigenvalue weighted by molar-refractivity contribution is 7.89. The molecule has 8 heteroatoms. The molecule has 1 aromatic carbocycles. The number of para-hydroxylation sites is 1. The molecule has 0 saturated carbocycles. The van der Waals surface area contributed by atoms with Gasteiger partial charge in [-0.3, -0.25) is 10.1 Å². The van der Waals surface area contributed by atoms with Crippen molar-refractivity contribution in [2.24, 2.45) is 0 Å². The molecule has 110 valence electrons. The first kappa shape index (κ1) is 14.9. The molecule has 20 heavy (non-hydrogen) atoms. The van der Waals surface area contributed by atoms with Gasteiger partial charge in [0.05, 0.1) is 17.6 Å². The molecule has 0 N–H and O–H groups in total. The molecular weight excluding hydrogens is 284 g/mol. The molecule has 2 atom stereocenters. The molecule has 1 heterocycles. The summed E-state index contributed by atoms with van der Waals surface area (Å²) in [5.41, 5.74) is -0.404. The van der Waals surface area contributed by atoms with Crippen LogP contribution in [0.1, 0.15) is 13.8 Å². The van der Waals surface area contributed by atoms with Gasteiger partial charge in [0.25, 0.3) is 5.69 Å². The van der Waals surface area contributed by atoms with Crippen molar-refractivity contribution >= 4 is 15.7 Å². The Morgan fingerprint density at radius 3 is 2.65 bits per heavy atom. The summed E-state index contributed by atoms with van der Waals surface area (Å²) in [6.45, 7) is 3.96. The summed E-state index contributed by atoms with van der Waals surface area (Å²) in [4.78, 5) is 10.0. The highest BCUT2D eigenvalue weighted by atomic mass is 32.2. The third-order valence-electron chi connectivity index (χ3n) is 3.20. The zero-order valence-electron chi connectivity index (χ0n) is 11.2. The highest BCUT2D eigenvalue weighted by Gasteiger charge is 2.37. The summed E-state index contributed by atoms with van der Waals surface area (Å²) in [5, 5.41) is 11.0. The highest BCUT2D eigenvalue weighted by Crippen LogP contribution is 2.29. The number of hydrogen-bond donors (Lipinski definition) is 0. The standard InChI is InChI=1S/C12H16N2O5S/c1-9-8-19-10(2)7-13(9)20(17,18)12-6-4-3-5-11(12)14(15)16/h3-6,9-10H,7-8H2,1-2H3. The van der Waals surface area contributed by atoms with Gasteiger partial charge in [0.1, 0.15) is 0 Å². The molecule has 0 bridgehead atoms. The Bertz CT molecular complexity index is 616. The minimum absolute atomic E-state index is 0.190. The van der Waals surface area contributed by atoms with E-state index in [1.807, 2.05) is 0 Å². The first-order chi connectivity index (χ1) is 9.34. The maximum absolute atomic E-state index is 12.6. The van der Waals surface area contributed by atoms with Crippen LogP contribution in [-0.2, 0) is 14.8 Å². The number of rotatable bonds is 3. The van der Waals surface area contributed by atoms with Gasteiger partial charge >= 0.3 is 0 Å². The molecule has 1 saturated heterocycles. The fourth-order valence-electron chi connectivity index (χ4n) is 2.16. The number of hydrogen-bond acceptors (Lipinski definition) is 5. The number of nitrogens with zero attached hydrogens (tertiary/aromatic N) is 2. The summed E-state index contributed by atoms with van der Waals surface area (Å²) in [5.74, 6) is 0. The van der Waals surface area contributed by atoms with Crippen LogP contribution in [0.4, 0.5) is 5.69 Å². The molecule has 2 rings (SSSR count). The van der Waals surface area contributed by atoms with Gasteiger partial charge in [0.15, 0.2) is 4.90 Å². The van der Waals surface area contributed by atoms with Crippen molar-refractivity contribution in [3.8, 4) is 0 Å². The monoisotopic (exact) mass is 300 g/mol. The Kier molecular flexibility index (Phi) is 4.07. The van der Waals surface area contributed by atoms with E-state index in [4.69, 9.17) is 4.74 Å². The van der Waals surface area contributed by atoms with E-state index in [1.165, 1.54) is 28.6 Å². The Labute approximate surface area is 117 Å². The van der Waals surface area contributed by atoms with Crippen LogP contribution in [0.25, 0.3) is 0 Å². The zero-order chi connectivity index (χ0) is 14.9. The van der Waals surface area contributed by atoms with Gasteiger partial charge in [-0.1, -0.05) is 12.1 Å². The average molecular weight is 300 g/mol. The SMILES string of the molecule is CC1CN(S(=O)(=O)c2ccccc2[N+](=O)[O-])C(C)CO1. The Hall–Kier alpha value is -1.51. The predicted octanol–water partition coefficient (Wildman–Crippen LogP) is 1.39. The molecule has 0 aromatic heterocycles. The third kappa shape index (κ3) is 2.67. The van der Waals surface area contributed by atoms with E-state index in [0.717, 1.165) is 0 Å². The molecular formula is C12H16N2O5S. The molecule has 2 unspecified atom stereocenters. The van der Waals surface area contributed by atoms with Crippen LogP contribution in [0.3, 0.4) is 0 Å². The molecule has 1 aromatic rings. The molecule has 0 amide bonds. The number of nitro benzene ring substituents is 1. The first-order valence-corrected chi connectivity index (χ1v) is 7.65. The summed E-state index contributed by atoms with van der Waals surface area (Å²) in [7, 11) is -3.91. The van der Waals surface area contributed by atoms with Crippen molar-refractivity contribution < 1.29 is 18.1 Å². The van der Waals surface area contributed by atoms with Gasteiger partial charge in [-0.2, -0.15) is 4.31 Å². The van der Waals surface area contributed by atoms with Gasteiger partial charge in [-0.15, -0.1) is 0 Å². The lowest BCUT2D eigenvalue weighted by Gasteiger charge is -2.35. The summed E-state index contributed by atoms with van der Waals surface area (Å²) < 4.78 is 31.9. The Morgan fingerprint density at radius 1 is 1.35 bits per heavy atom. The molecule has 7 nitrogen and oxygen atoms in total. The van der Waals surface area contributed by atoms with Gasteiger partial charge in [-0.05, 0) is 19.9 Å². The van der Waals surface area contributed by atoms with Gasteiger partial charge in [0, 0.05) is 18.7 Å². The van der Waals surface area contributed by atoms with E-state index >= 15 is 0 Å². The lowest BCUT2D eigenvalue weighted by molar-refractivity contribution is -0.387. The van der Waals surface area contributed by atoms with Crippen LogP contribution in [-0.4, -0.2) is 42.9 Å². The number of nitro groups is 1. The molecule has 1 aliphatic heterocycles. The van der Waals surface area contributed by atoms with E-state index in [1.54, 1.807) is 13.8 Å². The second kappa shape index (κ2) is 5.47. The molecule has 0 radical (unpaired) electrons. The number of morpholine rings is 1. The van der Waals surface area contributed by atoms with Crippen molar-refractivity contribution in [1.29, 1.82) is 0 Å². The van der Waals surface area contributed by atoms with Crippen LogP contribution < -0.4 is 0 Å². The van der Waals surface area contributed by atoms with Gasteiger partial charge in [0.2, 0.25) is 10.0 Å². The maximum atomic E-state index is 12.6. The maximum Gasteiger partial charge on any atom is 0.289 e. The second-order valence-corrected chi connectivity index (χ2v) is 6.65. The van der Waals surface area contributed by atoms with E-state index in [0.29, 0.717) is 0 Å². The smallest absolute Gasteiger partial charge is 0.289 e. The Morgan fingerprint density at radius 2 is 2.00 bits per heavy atom. The van der Waals surface area contributed by atoms with E-state index in [2.05, 4.69) is 0 Å². The van der Waals surface area contributed by atoms with E-state index in [-0.39, 0.29) is 30.2 Å². The van der Waals surface area contributed by atoms with Crippen LogP contribution in [0.5, 0.6) is 0 Å². The van der Waals surface area contributed by atoms with Crippen molar-refractivity contribution in [2.45, 2.75) is 30.9 Å². The quantitative estimate of drug-likeness (QED) is 0.621. The molecule has 0 spiro atoms. The second-order valence-electron chi connectivity index (χ2n) is 4.79. The fourth-order valence-corrected chi connectivity index (χ4v) is 4.01. The van der Waals surface area contributed by atoms with Crippen molar-refractivity contribution in [1.82, 2.24) is 4.31 Å². The Balaban J connectivity index is 2.47. The largest absolute Gasteiger partial charge is 0.375 e. The van der Waals surface area contributed by atoms with Crippen LogP contribution >= 0.6 is 0 Å². The number of sulfonamides is 1. The van der Waals surface area contributed by atoms with Gasteiger partial charge < -0.3 is 4.74 Å².